The summed E-state index contributed by atoms with van der Waals surface area (Å²) in [4.78, 5) is 4.49. The zero-order valence-electron chi connectivity index (χ0n) is 11.9. The third-order valence-electron chi connectivity index (χ3n) is 4.39. The van der Waals surface area contributed by atoms with Gasteiger partial charge in [-0.3, -0.25) is 0 Å². The first-order valence-corrected chi connectivity index (χ1v) is 7.07. The minimum atomic E-state index is 0.137. The number of nitrogens with one attached hydrogen (secondary N) is 1. The van der Waals surface area contributed by atoms with E-state index in [0.717, 1.165) is 18.8 Å². The lowest BCUT2D eigenvalue weighted by Crippen LogP contribution is -2.65. The van der Waals surface area contributed by atoms with E-state index in [-0.39, 0.29) is 23.6 Å². The number of aromatic nitrogens is 1. The lowest BCUT2D eigenvalue weighted by Gasteiger charge is -2.45. The van der Waals surface area contributed by atoms with Gasteiger partial charge in [0.15, 0.2) is 0 Å². The van der Waals surface area contributed by atoms with Gasteiger partial charge in [0.25, 0.3) is 0 Å². The SMILES string of the molecule is CC(C)(C)c1ccc(NC2C(N)C3CCOC32)nc1. The molecule has 3 N–H and O–H groups in total. The van der Waals surface area contributed by atoms with Crippen LogP contribution in [0.3, 0.4) is 0 Å². The second kappa shape index (κ2) is 4.46. The van der Waals surface area contributed by atoms with E-state index in [1.165, 1.54) is 5.56 Å². The predicted molar refractivity (Wildman–Crippen MR) is 76.2 cm³/mol. The number of fused-ring (bicyclic) bond motifs is 1. The van der Waals surface area contributed by atoms with Gasteiger partial charge in [-0.1, -0.05) is 26.8 Å². The van der Waals surface area contributed by atoms with Crippen molar-refractivity contribution in [1.82, 2.24) is 4.98 Å². The quantitative estimate of drug-likeness (QED) is 0.853. The van der Waals surface area contributed by atoms with Crippen LogP contribution in [0.5, 0.6) is 0 Å². The smallest absolute Gasteiger partial charge is 0.126 e. The van der Waals surface area contributed by atoms with Gasteiger partial charge in [0.05, 0.1) is 12.1 Å². The van der Waals surface area contributed by atoms with Crippen LogP contribution in [0.4, 0.5) is 5.82 Å². The monoisotopic (exact) mass is 261 g/mol. The maximum Gasteiger partial charge on any atom is 0.126 e. The molecule has 0 spiro atoms. The average Bonchev–Trinajstić information content (AvgIpc) is 2.80. The minimum Gasteiger partial charge on any atom is -0.376 e. The highest BCUT2D eigenvalue weighted by atomic mass is 16.5. The summed E-state index contributed by atoms with van der Waals surface area (Å²) in [5.41, 5.74) is 7.56. The number of ether oxygens (including phenoxy) is 1. The summed E-state index contributed by atoms with van der Waals surface area (Å²) in [6.07, 6.45) is 3.32. The van der Waals surface area contributed by atoms with Gasteiger partial charge in [0.1, 0.15) is 5.82 Å². The van der Waals surface area contributed by atoms with Crippen molar-refractivity contribution in [2.75, 3.05) is 11.9 Å². The van der Waals surface area contributed by atoms with Crippen LogP contribution in [0.25, 0.3) is 0 Å². The van der Waals surface area contributed by atoms with Crippen molar-refractivity contribution in [1.29, 1.82) is 0 Å². The Bertz CT molecular complexity index is 451. The van der Waals surface area contributed by atoms with Crippen molar-refractivity contribution in [2.24, 2.45) is 11.7 Å². The molecule has 4 heteroatoms. The van der Waals surface area contributed by atoms with E-state index in [9.17, 15) is 0 Å². The number of pyridine rings is 1. The molecule has 1 saturated heterocycles. The van der Waals surface area contributed by atoms with E-state index in [0.29, 0.717) is 5.92 Å². The van der Waals surface area contributed by atoms with E-state index in [1.807, 2.05) is 12.3 Å². The van der Waals surface area contributed by atoms with Gasteiger partial charge in [-0.25, -0.2) is 4.98 Å². The Balaban J connectivity index is 1.67. The van der Waals surface area contributed by atoms with Crippen LogP contribution in [0.15, 0.2) is 18.3 Å². The summed E-state index contributed by atoms with van der Waals surface area (Å²) in [6, 6.07) is 4.57. The number of nitrogens with zero attached hydrogens (tertiary/aromatic N) is 1. The van der Waals surface area contributed by atoms with Gasteiger partial charge in [-0.15, -0.1) is 0 Å². The average molecular weight is 261 g/mol. The zero-order valence-corrected chi connectivity index (χ0v) is 11.9. The second-order valence-electron chi connectivity index (χ2n) is 6.72. The van der Waals surface area contributed by atoms with E-state index in [2.05, 4.69) is 37.1 Å². The molecular weight excluding hydrogens is 238 g/mol. The third kappa shape index (κ3) is 2.23. The summed E-state index contributed by atoms with van der Waals surface area (Å²) < 4.78 is 5.71. The van der Waals surface area contributed by atoms with Gasteiger partial charge in [0.2, 0.25) is 0 Å². The highest BCUT2D eigenvalue weighted by Gasteiger charge is 2.52. The maximum atomic E-state index is 6.18. The largest absolute Gasteiger partial charge is 0.376 e. The van der Waals surface area contributed by atoms with E-state index in [4.69, 9.17) is 10.5 Å². The molecule has 0 radical (unpaired) electrons. The summed E-state index contributed by atoms with van der Waals surface area (Å²) in [7, 11) is 0. The van der Waals surface area contributed by atoms with Crippen LogP contribution < -0.4 is 11.1 Å². The molecule has 19 heavy (non-hydrogen) atoms. The highest BCUT2D eigenvalue weighted by molar-refractivity contribution is 5.40. The molecule has 0 bridgehead atoms. The number of hydrogen-bond donors (Lipinski definition) is 2. The van der Waals surface area contributed by atoms with Crippen LogP contribution in [0, 0.1) is 5.92 Å². The predicted octanol–water partition coefficient (Wildman–Crippen LogP) is 1.91. The third-order valence-corrected chi connectivity index (χ3v) is 4.39. The van der Waals surface area contributed by atoms with Crippen LogP contribution in [0.2, 0.25) is 0 Å². The van der Waals surface area contributed by atoms with Gasteiger partial charge in [-0.2, -0.15) is 0 Å². The minimum absolute atomic E-state index is 0.137. The topological polar surface area (TPSA) is 60.2 Å². The molecule has 3 rings (SSSR count). The lowest BCUT2D eigenvalue weighted by molar-refractivity contribution is 0.00524. The van der Waals surface area contributed by atoms with Crippen molar-refractivity contribution >= 4 is 5.82 Å². The number of hydrogen-bond acceptors (Lipinski definition) is 4. The molecule has 1 saturated carbocycles. The molecular formula is C15H23N3O. The Morgan fingerprint density at radius 2 is 2.16 bits per heavy atom. The Morgan fingerprint density at radius 1 is 1.37 bits per heavy atom. The lowest BCUT2D eigenvalue weighted by atomic mass is 9.72. The summed E-state index contributed by atoms with van der Waals surface area (Å²) in [5.74, 6) is 1.42. The molecule has 1 aliphatic carbocycles. The number of anilines is 1. The van der Waals surface area contributed by atoms with Crippen LogP contribution in [0.1, 0.15) is 32.8 Å². The van der Waals surface area contributed by atoms with Crippen molar-refractivity contribution in [3.05, 3.63) is 23.9 Å². The summed E-state index contributed by atoms with van der Waals surface area (Å²) in [5, 5.41) is 3.42. The van der Waals surface area contributed by atoms with Gasteiger partial charge in [-0.05, 0) is 23.5 Å². The fraction of sp³-hybridized carbons (Fsp3) is 0.667. The van der Waals surface area contributed by atoms with Crippen molar-refractivity contribution in [3.8, 4) is 0 Å². The number of rotatable bonds is 2. The van der Waals surface area contributed by atoms with Crippen LogP contribution >= 0.6 is 0 Å². The van der Waals surface area contributed by atoms with Gasteiger partial charge >= 0.3 is 0 Å². The first kappa shape index (κ1) is 12.9. The molecule has 2 fully saturated rings. The first-order chi connectivity index (χ1) is 8.97. The molecule has 4 nitrogen and oxygen atoms in total. The molecule has 4 atom stereocenters. The molecule has 4 unspecified atom stereocenters. The van der Waals surface area contributed by atoms with E-state index >= 15 is 0 Å². The molecule has 1 aliphatic heterocycles. The molecule has 104 valence electrons. The molecule has 0 amide bonds. The second-order valence-corrected chi connectivity index (χ2v) is 6.72. The molecule has 1 aromatic rings. The van der Waals surface area contributed by atoms with E-state index in [1.54, 1.807) is 0 Å². The molecule has 0 aromatic carbocycles. The molecule has 2 heterocycles. The van der Waals surface area contributed by atoms with E-state index < -0.39 is 0 Å². The molecule has 1 aromatic heterocycles. The zero-order chi connectivity index (χ0) is 13.6. The maximum absolute atomic E-state index is 6.18. The Kier molecular flexibility index (Phi) is 3.02. The fourth-order valence-electron chi connectivity index (χ4n) is 3.02. The van der Waals surface area contributed by atoms with Crippen molar-refractivity contribution in [2.45, 2.75) is 50.8 Å². The Hall–Kier alpha value is -1.13. The Morgan fingerprint density at radius 3 is 2.79 bits per heavy atom. The fourth-order valence-corrected chi connectivity index (χ4v) is 3.02. The van der Waals surface area contributed by atoms with Gasteiger partial charge < -0.3 is 15.8 Å². The number of nitrogens with two attached hydrogens (primary N) is 1. The van der Waals surface area contributed by atoms with Crippen molar-refractivity contribution < 1.29 is 4.74 Å². The van der Waals surface area contributed by atoms with Crippen molar-refractivity contribution in [3.63, 3.8) is 0 Å². The van der Waals surface area contributed by atoms with Crippen LogP contribution in [-0.2, 0) is 10.2 Å². The first-order valence-electron chi connectivity index (χ1n) is 7.07. The van der Waals surface area contributed by atoms with Gasteiger partial charge in [0, 0.05) is 24.8 Å². The van der Waals surface area contributed by atoms with Crippen LogP contribution in [-0.4, -0.2) is 29.8 Å². The Labute approximate surface area is 114 Å². The molecule has 2 aliphatic rings. The standard InChI is InChI=1S/C15H23N3O/c1-15(2,3)9-4-5-11(17-8-9)18-13-12(16)10-6-7-19-14(10)13/h4-5,8,10,12-14H,6-7,16H2,1-3H3,(H,17,18). The normalized spacial score (nSPS) is 33.7. The summed E-state index contributed by atoms with van der Waals surface area (Å²) in [6.45, 7) is 7.42. The summed E-state index contributed by atoms with van der Waals surface area (Å²) >= 11 is 0. The highest BCUT2D eigenvalue weighted by Crippen LogP contribution is 2.39.